The summed E-state index contributed by atoms with van der Waals surface area (Å²) in [6, 6.07) is 12.7. The fraction of sp³-hybridized carbons (Fsp3) is 0.318. The maximum Gasteiger partial charge on any atom is 0.345 e. The molecule has 0 N–H and O–H groups in total. The van der Waals surface area contributed by atoms with Gasteiger partial charge in [0.15, 0.2) is 0 Å². The van der Waals surface area contributed by atoms with Crippen LogP contribution < -0.4 is 15.2 Å². The standard InChI is InChI=1S/C22H22ClN3O2/c1-14(2)25-19-10-6-9-17(16-11-12-18(23)24-13-16)26(19)22(28)20(21(25)27)15-7-4-3-5-8-15/h3-5,7-8,11-14,17H,6,9-10H2,1-2H3. The van der Waals surface area contributed by atoms with Crippen LogP contribution in [0.3, 0.4) is 0 Å². The van der Waals surface area contributed by atoms with Crippen LogP contribution in [0.25, 0.3) is 11.1 Å². The van der Waals surface area contributed by atoms with E-state index in [4.69, 9.17) is 11.6 Å². The molecule has 1 aliphatic heterocycles. The second kappa shape index (κ2) is 7.40. The van der Waals surface area contributed by atoms with Gasteiger partial charge in [-0.2, -0.15) is 4.57 Å². The van der Waals surface area contributed by atoms with E-state index in [1.165, 1.54) is 0 Å². The highest BCUT2D eigenvalue weighted by atomic mass is 35.5. The van der Waals surface area contributed by atoms with E-state index in [1.54, 1.807) is 21.4 Å². The van der Waals surface area contributed by atoms with Gasteiger partial charge < -0.3 is 5.11 Å². The summed E-state index contributed by atoms with van der Waals surface area (Å²) < 4.78 is 3.58. The topological polar surface area (TPSA) is 61.8 Å². The van der Waals surface area contributed by atoms with Gasteiger partial charge in [-0.1, -0.05) is 48.0 Å². The van der Waals surface area contributed by atoms with Crippen LogP contribution in [0, 0.1) is 0 Å². The lowest BCUT2D eigenvalue weighted by atomic mass is 9.96. The SMILES string of the molecule is CC(C)[n+]1c([O-])c(-c2ccccc2)c(=O)n2c1CCCC2c1ccc(Cl)nc1. The number of halogens is 1. The number of fused-ring (bicyclic) bond motifs is 1. The maximum atomic E-state index is 13.6. The summed E-state index contributed by atoms with van der Waals surface area (Å²) in [7, 11) is 0. The average Bonchev–Trinajstić information content (AvgIpc) is 2.69. The molecule has 5 nitrogen and oxygen atoms in total. The second-order valence-corrected chi connectivity index (χ2v) is 7.81. The Labute approximate surface area is 168 Å². The van der Waals surface area contributed by atoms with E-state index in [2.05, 4.69) is 4.98 Å². The molecule has 2 aromatic heterocycles. The molecule has 0 bridgehead atoms. The number of hydrogen-bond donors (Lipinski definition) is 0. The van der Waals surface area contributed by atoms with E-state index < -0.39 is 0 Å². The molecule has 0 amide bonds. The number of pyridine rings is 1. The van der Waals surface area contributed by atoms with E-state index in [9.17, 15) is 9.90 Å². The Bertz CT molecular complexity index is 1060. The van der Waals surface area contributed by atoms with Crippen molar-refractivity contribution in [2.75, 3.05) is 0 Å². The first-order valence-electron chi connectivity index (χ1n) is 9.56. The van der Waals surface area contributed by atoms with Crippen LogP contribution in [0.1, 0.15) is 50.2 Å². The first-order valence-corrected chi connectivity index (χ1v) is 9.93. The number of aromatic nitrogens is 3. The Hall–Kier alpha value is -2.66. The number of hydrogen-bond acceptors (Lipinski definition) is 3. The van der Waals surface area contributed by atoms with Crippen LogP contribution in [-0.4, -0.2) is 9.55 Å². The lowest BCUT2D eigenvalue weighted by Gasteiger charge is -2.29. The summed E-state index contributed by atoms with van der Waals surface area (Å²) in [5.41, 5.74) is 1.58. The van der Waals surface area contributed by atoms with Crippen LogP contribution in [0.2, 0.25) is 5.15 Å². The first kappa shape index (κ1) is 18.7. The molecule has 28 heavy (non-hydrogen) atoms. The van der Waals surface area contributed by atoms with Gasteiger partial charge in [0.2, 0.25) is 0 Å². The van der Waals surface area contributed by atoms with E-state index in [0.29, 0.717) is 17.1 Å². The van der Waals surface area contributed by atoms with Gasteiger partial charge in [-0.25, -0.2) is 14.3 Å². The van der Waals surface area contributed by atoms with Crippen molar-refractivity contribution in [2.45, 2.75) is 45.2 Å². The predicted molar refractivity (Wildman–Crippen MR) is 106 cm³/mol. The Morgan fingerprint density at radius 1 is 1.21 bits per heavy atom. The zero-order valence-corrected chi connectivity index (χ0v) is 16.7. The highest BCUT2D eigenvalue weighted by Gasteiger charge is 2.35. The van der Waals surface area contributed by atoms with E-state index in [1.807, 2.05) is 50.2 Å². The molecule has 6 heteroatoms. The maximum absolute atomic E-state index is 13.6. The van der Waals surface area contributed by atoms with Crippen LogP contribution in [0.4, 0.5) is 0 Å². The van der Waals surface area contributed by atoms with Gasteiger partial charge in [0.05, 0.1) is 11.9 Å². The molecule has 0 saturated carbocycles. The van der Waals surface area contributed by atoms with Gasteiger partial charge in [-0.3, -0.25) is 0 Å². The Morgan fingerprint density at radius 3 is 2.61 bits per heavy atom. The monoisotopic (exact) mass is 395 g/mol. The Kier molecular flexibility index (Phi) is 4.94. The molecule has 0 fully saturated rings. The smallest absolute Gasteiger partial charge is 0.345 e. The molecular formula is C22H22ClN3O2. The molecule has 3 aromatic rings. The van der Waals surface area contributed by atoms with Crippen molar-refractivity contribution in [3.8, 4) is 17.0 Å². The van der Waals surface area contributed by atoms with Gasteiger partial charge in [-0.15, -0.1) is 0 Å². The van der Waals surface area contributed by atoms with Crippen molar-refractivity contribution in [1.29, 1.82) is 0 Å². The highest BCUT2D eigenvalue weighted by molar-refractivity contribution is 6.29. The summed E-state index contributed by atoms with van der Waals surface area (Å²) in [4.78, 5) is 17.8. The largest absolute Gasteiger partial charge is 0.842 e. The van der Waals surface area contributed by atoms with Crippen LogP contribution in [0.15, 0.2) is 53.5 Å². The highest BCUT2D eigenvalue weighted by Crippen LogP contribution is 2.31. The molecular weight excluding hydrogens is 374 g/mol. The van der Waals surface area contributed by atoms with Crippen molar-refractivity contribution >= 4 is 11.6 Å². The second-order valence-electron chi connectivity index (χ2n) is 7.42. The summed E-state index contributed by atoms with van der Waals surface area (Å²) in [6.45, 7) is 3.96. The minimum absolute atomic E-state index is 0.0427. The summed E-state index contributed by atoms with van der Waals surface area (Å²) in [5, 5.41) is 13.7. The quantitative estimate of drug-likeness (QED) is 0.504. The van der Waals surface area contributed by atoms with Gasteiger partial charge in [0, 0.05) is 18.2 Å². The van der Waals surface area contributed by atoms with Crippen molar-refractivity contribution in [3.63, 3.8) is 0 Å². The molecule has 1 unspecified atom stereocenters. The van der Waals surface area contributed by atoms with Crippen molar-refractivity contribution in [3.05, 3.63) is 75.6 Å². The normalized spacial score (nSPS) is 16.2. The van der Waals surface area contributed by atoms with E-state index in [0.717, 1.165) is 24.2 Å². The summed E-state index contributed by atoms with van der Waals surface area (Å²) in [5.74, 6) is 0.572. The molecule has 0 saturated heterocycles. The molecule has 1 aliphatic rings. The average molecular weight is 396 g/mol. The fourth-order valence-electron chi connectivity index (χ4n) is 4.11. The molecule has 0 radical (unpaired) electrons. The number of nitrogens with zero attached hydrogens (tertiary/aromatic N) is 3. The van der Waals surface area contributed by atoms with Crippen molar-refractivity contribution in [2.24, 2.45) is 0 Å². The lowest BCUT2D eigenvalue weighted by Crippen LogP contribution is -2.52. The van der Waals surface area contributed by atoms with Crippen LogP contribution >= 0.6 is 11.6 Å². The minimum Gasteiger partial charge on any atom is -0.842 e. The molecule has 1 atom stereocenters. The number of benzene rings is 1. The molecule has 144 valence electrons. The van der Waals surface area contributed by atoms with Gasteiger partial charge in [0.1, 0.15) is 16.8 Å². The molecule has 0 spiro atoms. The van der Waals surface area contributed by atoms with E-state index in [-0.39, 0.29) is 29.1 Å². The molecule has 0 aliphatic carbocycles. The third kappa shape index (κ3) is 3.10. The van der Waals surface area contributed by atoms with Crippen molar-refractivity contribution in [1.82, 2.24) is 9.55 Å². The first-order chi connectivity index (χ1) is 13.5. The van der Waals surface area contributed by atoms with Gasteiger partial charge >= 0.3 is 5.56 Å². The Balaban J connectivity index is 2.03. The van der Waals surface area contributed by atoms with Gasteiger partial charge in [-0.05, 0) is 38.3 Å². The Morgan fingerprint density at radius 2 is 1.96 bits per heavy atom. The fourth-order valence-corrected chi connectivity index (χ4v) is 4.22. The third-order valence-corrected chi connectivity index (χ3v) is 5.55. The zero-order valence-electron chi connectivity index (χ0n) is 15.9. The van der Waals surface area contributed by atoms with Crippen LogP contribution in [-0.2, 0) is 6.42 Å². The molecule has 4 rings (SSSR count). The van der Waals surface area contributed by atoms with Gasteiger partial charge in [0.25, 0.3) is 5.82 Å². The lowest BCUT2D eigenvalue weighted by molar-refractivity contribution is -0.761. The predicted octanol–water partition coefficient (Wildman–Crippen LogP) is 3.43. The third-order valence-electron chi connectivity index (χ3n) is 5.33. The van der Waals surface area contributed by atoms with E-state index >= 15 is 0 Å². The molecule has 3 heterocycles. The zero-order chi connectivity index (χ0) is 19.8. The van der Waals surface area contributed by atoms with Crippen LogP contribution in [0.5, 0.6) is 5.88 Å². The summed E-state index contributed by atoms with van der Waals surface area (Å²) >= 11 is 5.95. The van der Waals surface area contributed by atoms with Crippen molar-refractivity contribution < 1.29 is 9.67 Å². The summed E-state index contributed by atoms with van der Waals surface area (Å²) in [6.07, 6.45) is 4.15. The number of rotatable bonds is 3. The minimum atomic E-state index is -0.234. The molecule has 1 aromatic carbocycles.